The molecule has 118 valence electrons. The first-order valence-electron chi connectivity index (χ1n) is 6.90. The van der Waals surface area contributed by atoms with Crippen LogP contribution in [-0.2, 0) is 16.8 Å². The summed E-state index contributed by atoms with van der Waals surface area (Å²) in [5.74, 6) is -0.531. The van der Waals surface area contributed by atoms with Gasteiger partial charge in [0.2, 0.25) is 0 Å². The molecular weight excluding hydrogens is 296 g/mol. The number of nitrogens with zero attached hydrogens (tertiary/aromatic N) is 1. The molecule has 1 aromatic rings. The third-order valence-electron chi connectivity index (χ3n) is 3.68. The molecule has 1 saturated heterocycles. The Balaban J connectivity index is 2.04. The van der Waals surface area contributed by atoms with Gasteiger partial charge in [-0.1, -0.05) is 6.42 Å². The Labute approximate surface area is 124 Å². The number of aryl methyl sites for hydroxylation is 1. The Kier molecular flexibility index (Phi) is 4.70. The van der Waals surface area contributed by atoms with Gasteiger partial charge in [0.25, 0.3) is 10.2 Å². The monoisotopic (exact) mass is 316 g/mol. The quantitative estimate of drug-likeness (QED) is 0.857. The number of piperidine rings is 1. The fourth-order valence-corrected chi connectivity index (χ4v) is 3.96. The fourth-order valence-electron chi connectivity index (χ4n) is 2.52. The summed E-state index contributed by atoms with van der Waals surface area (Å²) in [6.07, 6.45) is 2.74. The van der Waals surface area contributed by atoms with Crippen LogP contribution in [0.2, 0.25) is 0 Å². The van der Waals surface area contributed by atoms with E-state index in [0.717, 1.165) is 19.3 Å². The lowest BCUT2D eigenvalue weighted by Crippen LogP contribution is -2.47. The lowest BCUT2D eigenvalue weighted by Gasteiger charge is -2.32. The molecule has 0 saturated carbocycles. The van der Waals surface area contributed by atoms with Gasteiger partial charge in [0, 0.05) is 12.6 Å². The molecule has 0 spiro atoms. The first-order valence-corrected chi connectivity index (χ1v) is 8.34. The van der Waals surface area contributed by atoms with E-state index in [0.29, 0.717) is 6.54 Å². The maximum Gasteiger partial charge on any atom is 0.339 e. The van der Waals surface area contributed by atoms with Gasteiger partial charge in [0.1, 0.15) is 17.1 Å². The van der Waals surface area contributed by atoms with Gasteiger partial charge in [-0.3, -0.25) is 0 Å². The standard InChI is InChI=1S/C13H20N2O5S/c1-9-5-3-4-6-15(9)21(18,19)14-8-11-7-12(13(16)17)10(2)20-11/h7,9,14H,3-6,8H2,1-2H3,(H,16,17). The number of hydrogen-bond acceptors (Lipinski definition) is 4. The Hall–Kier alpha value is -1.38. The largest absolute Gasteiger partial charge is 0.478 e. The normalized spacial score (nSPS) is 20.6. The zero-order valence-electron chi connectivity index (χ0n) is 12.1. The summed E-state index contributed by atoms with van der Waals surface area (Å²) in [5, 5.41) is 8.94. The van der Waals surface area contributed by atoms with Crippen molar-refractivity contribution >= 4 is 16.2 Å². The molecule has 7 nitrogen and oxygen atoms in total. The van der Waals surface area contributed by atoms with E-state index in [4.69, 9.17) is 9.52 Å². The van der Waals surface area contributed by atoms with Gasteiger partial charge in [-0.25, -0.2) is 4.79 Å². The van der Waals surface area contributed by atoms with Gasteiger partial charge in [0.15, 0.2) is 0 Å². The molecule has 1 aliphatic heterocycles. The second kappa shape index (κ2) is 6.17. The Morgan fingerprint density at radius 3 is 2.81 bits per heavy atom. The highest BCUT2D eigenvalue weighted by Gasteiger charge is 2.29. The predicted molar refractivity (Wildman–Crippen MR) is 76.2 cm³/mol. The van der Waals surface area contributed by atoms with Crippen LogP contribution in [0.5, 0.6) is 0 Å². The zero-order chi connectivity index (χ0) is 15.6. The summed E-state index contributed by atoms with van der Waals surface area (Å²) in [6, 6.07) is 1.32. The Morgan fingerprint density at radius 1 is 1.52 bits per heavy atom. The van der Waals surface area contributed by atoms with Crippen molar-refractivity contribution in [3.05, 3.63) is 23.2 Å². The van der Waals surface area contributed by atoms with E-state index in [1.807, 2.05) is 6.92 Å². The second-order valence-corrected chi connectivity index (χ2v) is 6.98. The fraction of sp³-hybridized carbons (Fsp3) is 0.615. The summed E-state index contributed by atoms with van der Waals surface area (Å²) in [6.45, 7) is 3.87. The molecule has 2 rings (SSSR count). The maximum absolute atomic E-state index is 12.3. The van der Waals surface area contributed by atoms with Crippen molar-refractivity contribution in [3.63, 3.8) is 0 Å². The van der Waals surface area contributed by atoms with Gasteiger partial charge in [0.05, 0.1) is 6.54 Å². The van der Waals surface area contributed by atoms with Crippen molar-refractivity contribution in [2.24, 2.45) is 0 Å². The van der Waals surface area contributed by atoms with E-state index in [1.54, 1.807) is 0 Å². The van der Waals surface area contributed by atoms with Crippen LogP contribution in [0.25, 0.3) is 0 Å². The van der Waals surface area contributed by atoms with Crippen LogP contribution in [0.3, 0.4) is 0 Å². The average molecular weight is 316 g/mol. The number of nitrogens with one attached hydrogen (secondary N) is 1. The topological polar surface area (TPSA) is 99.9 Å². The van der Waals surface area contributed by atoms with E-state index in [-0.39, 0.29) is 29.7 Å². The van der Waals surface area contributed by atoms with E-state index < -0.39 is 16.2 Å². The number of carboxylic acid groups (broad SMARTS) is 1. The van der Waals surface area contributed by atoms with Gasteiger partial charge in [-0.15, -0.1) is 0 Å². The Bertz CT molecular complexity index is 623. The third-order valence-corrected chi connectivity index (χ3v) is 5.35. The molecule has 0 radical (unpaired) electrons. The molecule has 2 N–H and O–H groups in total. The highest BCUT2D eigenvalue weighted by molar-refractivity contribution is 7.87. The van der Waals surface area contributed by atoms with Crippen molar-refractivity contribution < 1.29 is 22.7 Å². The molecule has 0 aliphatic carbocycles. The molecule has 1 aliphatic rings. The highest BCUT2D eigenvalue weighted by atomic mass is 32.2. The van der Waals surface area contributed by atoms with E-state index in [1.165, 1.54) is 17.3 Å². The lowest BCUT2D eigenvalue weighted by atomic mass is 10.1. The van der Waals surface area contributed by atoms with Crippen LogP contribution in [0, 0.1) is 6.92 Å². The maximum atomic E-state index is 12.3. The minimum Gasteiger partial charge on any atom is -0.478 e. The van der Waals surface area contributed by atoms with Crippen LogP contribution >= 0.6 is 0 Å². The predicted octanol–water partition coefficient (Wildman–Crippen LogP) is 1.50. The van der Waals surface area contributed by atoms with Crippen molar-refractivity contribution in [2.45, 2.75) is 45.7 Å². The van der Waals surface area contributed by atoms with E-state index >= 15 is 0 Å². The van der Waals surface area contributed by atoms with Crippen molar-refractivity contribution in [2.75, 3.05) is 6.54 Å². The van der Waals surface area contributed by atoms with Crippen LogP contribution in [0.1, 0.15) is 48.1 Å². The minimum atomic E-state index is -3.58. The number of hydrogen-bond donors (Lipinski definition) is 2. The first-order chi connectivity index (χ1) is 9.81. The van der Waals surface area contributed by atoms with E-state index in [2.05, 4.69) is 4.72 Å². The summed E-state index contributed by atoms with van der Waals surface area (Å²) in [5.41, 5.74) is 0.0514. The zero-order valence-corrected chi connectivity index (χ0v) is 12.9. The summed E-state index contributed by atoms with van der Waals surface area (Å²) in [4.78, 5) is 10.9. The van der Waals surface area contributed by atoms with Crippen LogP contribution < -0.4 is 4.72 Å². The van der Waals surface area contributed by atoms with Crippen LogP contribution in [0.15, 0.2) is 10.5 Å². The molecular formula is C13H20N2O5S. The SMILES string of the molecule is Cc1oc(CNS(=O)(=O)N2CCCCC2C)cc1C(=O)O. The van der Waals surface area contributed by atoms with Crippen LogP contribution in [-0.4, -0.2) is 36.4 Å². The number of rotatable bonds is 5. The summed E-state index contributed by atoms with van der Waals surface area (Å²) < 4.78 is 33.7. The van der Waals surface area contributed by atoms with Crippen molar-refractivity contribution in [3.8, 4) is 0 Å². The second-order valence-electron chi connectivity index (χ2n) is 5.27. The molecule has 8 heteroatoms. The minimum absolute atomic E-state index is 0.0239. The first kappa shape index (κ1) is 16.0. The molecule has 1 unspecified atom stereocenters. The molecule has 1 fully saturated rings. The number of carboxylic acids is 1. The molecule has 1 aromatic heterocycles. The number of aromatic carboxylic acids is 1. The number of carbonyl (C=O) groups is 1. The number of furan rings is 1. The van der Waals surface area contributed by atoms with Crippen molar-refractivity contribution in [1.29, 1.82) is 0 Å². The lowest BCUT2D eigenvalue weighted by molar-refractivity contribution is 0.0695. The van der Waals surface area contributed by atoms with Gasteiger partial charge in [-0.2, -0.15) is 17.4 Å². The molecule has 1 atom stereocenters. The average Bonchev–Trinajstić information content (AvgIpc) is 2.78. The molecule has 0 aromatic carbocycles. The highest BCUT2D eigenvalue weighted by Crippen LogP contribution is 2.20. The van der Waals surface area contributed by atoms with Gasteiger partial charge < -0.3 is 9.52 Å². The third kappa shape index (κ3) is 3.63. The molecule has 2 heterocycles. The molecule has 0 bridgehead atoms. The van der Waals surface area contributed by atoms with Gasteiger partial charge in [-0.05, 0) is 32.8 Å². The molecule has 21 heavy (non-hydrogen) atoms. The Morgan fingerprint density at radius 2 is 2.24 bits per heavy atom. The summed E-state index contributed by atoms with van der Waals surface area (Å²) >= 11 is 0. The van der Waals surface area contributed by atoms with Crippen LogP contribution in [0.4, 0.5) is 0 Å². The van der Waals surface area contributed by atoms with Crippen molar-refractivity contribution in [1.82, 2.24) is 9.03 Å². The van der Waals surface area contributed by atoms with E-state index in [9.17, 15) is 13.2 Å². The summed E-state index contributed by atoms with van der Waals surface area (Å²) in [7, 11) is -3.58. The smallest absolute Gasteiger partial charge is 0.339 e. The molecule has 0 amide bonds. The van der Waals surface area contributed by atoms with Gasteiger partial charge >= 0.3 is 5.97 Å².